The summed E-state index contributed by atoms with van der Waals surface area (Å²) in [5, 5.41) is 19.2. The third-order valence-electron chi connectivity index (χ3n) is 10.7. The van der Waals surface area contributed by atoms with Gasteiger partial charge in [0.15, 0.2) is 5.82 Å². The van der Waals surface area contributed by atoms with Crippen LogP contribution in [-0.4, -0.2) is 114 Å². The summed E-state index contributed by atoms with van der Waals surface area (Å²) in [6.07, 6.45) is 2.01. The molecule has 3 aliphatic heterocycles. The summed E-state index contributed by atoms with van der Waals surface area (Å²) in [7, 11) is 0. The van der Waals surface area contributed by atoms with Crippen LogP contribution in [0.25, 0.3) is 5.00 Å². The highest BCUT2D eigenvalue weighted by atomic mass is 35.5. The maximum absolute atomic E-state index is 13.2. The number of aliphatic imine (C=N–C) groups is 1. The number of rotatable bonds is 17. The Morgan fingerprint density at radius 1 is 0.915 bits per heavy atom. The first-order valence-electron chi connectivity index (χ1n) is 19.9. The van der Waals surface area contributed by atoms with E-state index >= 15 is 0 Å². The van der Waals surface area contributed by atoms with E-state index in [2.05, 4.69) is 40.0 Å². The zero-order valence-electron chi connectivity index (χ0n) is 33.5. The number of hydrogen-bond donors (Lipinski definition) is 3. The predicted molar refractivity (Wildman–Crippen MR) is 224 cm³/mol. The van der Waals surface area contributed by atoms with Gasteiger partial charge in [-0.1, -0.05) is 29.8 Å². The number of hydrogen-bond acceptors (Lipinski definition) is 11. The molecule has 17 heteroatoms. The van der Waals surface area contributed by atoms with Crippen molar-refractivity contribution in [1.82, 2.24) is 30.3 Å². The fourth-order valence-electron chi connectivity index (χ4n) is 7.41. The summed E-state index contributed by atoms with van der Waals surface area (Å²) in [5.74, 6) is 0.963. The lowest BCUT2D eigenvalue weighted by molar-refractivity contribution is -0.123. The van der Waals surface area contributed by atoms with Crippen LogP contribution in [0.2, 0.25) is 5.02 Å². The van der Waals surface area contributed by atoms with Crippen molar-refractivity contribution in [2.45, 2.75) is 65.0 Å². The summed E-state index contributed by atoms with van der Waals surface area (Å²) in [6, 6.07) is 12.4. The van der Waals surface area contributed by atoms with E-state index in [0.29, 0.717) is 94.0 Å². The van der Waals surface area contributed by atoms with Gasteiger partial charge in [-0.3, -0.25) is 28.7 Å². The number of ether oxygens (including phenoxy) is 3. The monoisotopic (exact) mass is 844 g/mol. The highest BCUT2D eigenvalue weighted by Crippen LogP contribution is 2.39. The molecule has 4 amide bonds. The fourth-order valence-corrected chi connectivity index (χ4v) is 8.75. The number of amides is 4. The summed E-state index contributed by atoms with van der Waals surface area (Å²) in [5.41, 5.74) is 6.01. The number of fused-ring (bicyclic) bond motifs is 4. The van der Waals surface area contributed by atoms with Gasteiger partial charge in [0.05, 0.1) is 58.2 Å². The molecule has 0 unspecified atom stereocenters. The van der Waals surface area contributed by atoms with Gasteiger partial charge in [0.2, 0.25) is 17.7 Å². The molecule has 5 heterocycles. The van der Waals surface area contributed by atoms with Gasteiger partial charge in [-0.05, 0) is 69.0 Å². The minimum Gasteiger partial charge on any atom is -0.379 e. The Kier molecular flexibility index (Phi) is 13.8. The van der Waals surface area contributed by atoms with Gasteiger partial charge in [-0.15, -0.1) is 21.5 Å². The smallest absolute Gasteiger partial charge is 0.253 e. The van der Waals surface area contributed by atoms with Crippen molar-refractivity contribution in [2.24, 2.45) is 4.99 Å². The molecule has 59 heavy (non-hydrogen) atoms. The van der Waals surface area contributed by atoms with Gasteiger partial charge in [0.25, 0.3) is 5.91 Å². The predicted octanol–water partition coefficient (Wildman–Crippen LogP) is 4.66. The van der Waals surface area contributed by atoms with Gasteiger partial charge in [0.1, 0.15) is 16.9 Å². The topological polar surface area (TPSA) is 178 Å². The molecule has 15 nitrogen and oxygen atoms in total. The summed E-state index contributed by atoms with van der Waals surface area (Å²) in [6.45, 7) is 9.54. The zero-order chi connectivity index (χ0) is 41.5. The summed E-state index contributed by atoms with van der Waals surface area (Å²) in [4.78, 5) is 58.4. The summed E-state index contributed by atoms with van der Waals surface area (Å²) >= 11 is 7.88. The van der Waals surface area contributed by atoms with Crippen molar-refractivity contribution in [2.75, 3.05) is 64.6 Å². The molecule has 1 atom stereocenters. The second-order valence-corrected chi connectivity index (χ2v) is 16.4. The van der Waals surface area contributed by atoms with E-state index in [1.807, 2.05) is 41.8 Å². The lowest BCUT2D eigenvalue weighted by atomic mass is 9.99. The molecule has 312 valence electrons. The first kappa shape index (κ1) is 42.1. The molecular weight excluding hydrogens is 796 g/mol. The highest BCUT2D eigenvalue weighted by molar-refractivity contribution is 7.15. The minimum absolute atomic E-state index is 0.00316. The highest BCUT2D eigenvalue weighted by Gasteiger charge is 2.32. The van der Waals surface area contributed by atoms with Crippen molar-refractivity contribution in [3.8, 4) is 5.00 Å². The van der Waals surface area contributed by atoms with Crippen LogP contribution in [0, 0.1) is 20.8 Å². The number of piperidine rings is 1. The van der Waals surface area contributed by atoms with Crippen molar-refractivity contribution >= 4 is 58.0 Å². The molecule has 1 saturated heterocycles. The van der Waals surface area contributed by atoms with E-state index in [9.17, 15) is 19.2 Å². The normalized spacial score (nSPS) is 16.1. The lowest BCUT2D eigenvalue weighted by Crippen LogP contribution is -2.46. The molecule has 3 N–H and O–H groups in total. The van der Waals surface area contributed by atoms with Crippen LogP contribution in [0.1, 0.15) is 80.9 Å². The van der Waals surface area contributed by atoms with Crippen LogP contribution in [0.15, 0.2) is 47.5 Å². The molecule has 1 fully saturated rings. The number of carbonyl (C=O) groups excluding carboxylic acids is 4. The van der Waals surface area contributed by atoms with Gasteiger partial charge in [-0.2, -0.15) is 0 Å². The number of anilines is 1. The Bertz CT molecular complexity index is 2210. The molecule has 7 rings (SSSR count). The van der Waals surface area contributed by atoms with E-state index < -0.39 is 6.04 Å². The standard InChI is InChI=1S/C42H49ClN8O7S/c1-25-26(2)59-42-38(25)39(28-6-8-31(43)9-7-28)47-34(40-49-48-27(3)51(40)42)24-36(53)44-13-17-57-19-21-58-20-18-56-16-12-35(52)45-32-10-14-50(15-11-32)41(55)30-5-4-29-23-37(54)46-33(29)22-30/h4-9,22,32,34H,10-21,23-24H2,1-3H3,(H,44,53)(H,45,52)(H,46,54)/t34-/m0/s1. The average Bonchev–Trinajstić information content (AvgIpc) is 3.86. The number of aryl methyl sites for hydroxylation is 2. The quantitative estimate of drug-likeness (QED) is 0.128. The average molecular weight is 845 g/mol. The first-order valence-corrected chi connectivity index (χ1v) is 21.1. The largest absolute Gasteiger partial charge is 0.379 e. The van der Waals surface area contributed by atoms with Crippen LogP contribution < -0.4 is 16.0 Å². The minimum atomic E-state index is -0.551. The van der Waals surface area contributed by atoms with Gasteiger partial charge in [0, 0.05) is 64.4 Å². The number of aromatic nitrogens is 3. The first-order chi connectivity index (χ1) is 28.5. The van der Waals surface area contributed by atoms with E-state index in [1.54, 1.807) is 28.4 Å². The second-order valence-electron chi connectivity index (χ2n) is 14.8. The Morgan fingerprint density at radius 2 is 1.63 bits per heavy atom. The lowest BCUT2D eigenvalue weighted by Gasteiger charge is -2.32. The van der Waals surface area contributed by atoms with Gasteiger partial charge in [-0.25, -0.2) is 0 Å². The van der Waals surface area contributed by atoms with Crippen LogP contribution in [-0.2, 0) is 35.0 Å². The molecule has 0 radical (unpaired) electrons. The molecule has 4 aromatic rings. The molecule has 0 spiro atoms. The number of nitrogens with zero attached hydrogens (tertiary/aromatic N) is 5. The number of carbonyl (C=O) groups is 4. The number of thiophene rings is 1. The second kappa shape index (κ2) is 19.4. The maximum Gasteiger partial charge on any atom is 0.253 e. The van der Waals surface area contributed by atoms with Crippen molar-refractivity contribution < 1.29 is 33.4 Å². The SMILES string of the molecule is Cc1sc2c(c1C)C(c1ccc(Cl)cc1)=N[C@@H](CC(=O)NCCOCCOCCOCCC(=O)NC1CCN(C(=O)c3ccc4c(c3)NC(=O)C4)CC1)c1nnc(C)n1-2. The summed E-state index contributed by atoms with van der Waals surface area (Å²) < 4.78 is 18.8. The van der Waals surface area contributed by atoms with E-state index in [0.717, 1.165) is 38.8 Å². The fraction of sp³-hybridized carbons (Fsp3) is 0.452. The molecule has 0 aliphatic carbocycles. The zero-order valence-corrected chi connectivity index (χ0v) is 35.0. The Morgan fingerprint density at radius 3 is 2.37 bits per heavy atom. The van der Waals surface area contributed by atoms with E-state index in [-0.39, 0.29) is 49.1 Å². The number of nitrogens with one attached hydrogen (secondary N) is 3. The molecule has 2 aromatic heterocycles. The molecule has 2 aromatic carbocycles. The van der Waals surface area contributed by atoms with Crippen LogP contribution in [0.4, 0.5) is 5.69 Å². The maximum atomic E-state index is 13.2. The van der Waals surface area contributed by atoms with E-state index in [1.165, 1.54) is 4.88 Å². The third kappa shape index (κ3) is 10.2. The van der Waals surface area contributed by atoms with Crippen molar-refractivity contribution in [3.63, 3.8) is 0 Å². The van der Waals surface area contributed by atoms with Crippen LogP contribution in [0.5, 0.6) is 0 Å². The Labute approximate surface area is 351 Å². The van der Waals surface area contributed by atoms with Crippen LogP contribution >= 0.6 is 22.9 Å². The molecule has 3 aliphatic rings. The Hall–Kier alpha value is -5.00. The number of likely N-dealkylation sites (tertiary alicyclic amines) is 1. The van der Waals surface area contributed by atoms with Crippen LogP contribution in [0.3, 0.4) is 0 Å². The molecular formula is C42H49ClN8O7S. The van der Waals surface area contributed by atoms with Crippen molar-refractivity contribution in [3.05, 3.63) is 91.8 Å². The number of benzene rings is 2. The Balaban J connectivity index is 0.744. The van der Waals surface area contributed by atoms with Gasteiger partial charge >= 0.3 is 0 Å². The van der Waals surface area contributed by atoms with E-state index in [4.69, 9.17) is 30.8 Å². The van der Waals surface area contributed by atoms with Gasteiger partial charge < -0.3 is 35.1 Å². The van der Waals surface area contributed by atoms with Crippen molar-refractivity contribution in [1.29, 1.82) is 0 Å². The molecule has 0 bridgehead atoms. The third-order valence-corrected chi connectivity index (χ3v) is 12.1. The number of halogens is 1. The molecule has 0 saturated carbocycles.